The number of hydrazine groups is 1. The fraction of sp³-hybridized carbons (Fsp3) is 0.576. The third-order valence-corrected chi connectivity index (χ3v) is 10.5. The van der Waals surface area contributed by atoms with Crippen LogP contribution < -0.4 is 15.6 Å². The summed E-state index contributed by atoms with van der Waals surface area (Å²) in [5.74, 6) is 1.56. The number of amides is 2. The van der Waals surface area contributed by atoms with Crippen LogP contribution in [-0.4, -0.2) is 53.9 Å². The predicted molar refractivity (Wildman–Crippen MR) is 158 cm³/mol. The maximum absolute atomic E-state index is 14.4. The number of benzene rings is 2. The Morgan fingerprint density at radius 2 is 1.54 bits per heavy atom. The molecule has 2 heterocycles. The van der Waals surface area contributed by atoms with Gasteiger partial charge in [0.2, 0.25) is 5.78 Å². The summed E-state index contributed by atoms with van der Waals surface area (Å²) in [6.07, 6.45) is 9.17. The van der Waals surface area contributed by atoms with Gasteiger partial charge < -0.3 is 10.2 Å². The highest BCUT2D eigenvalue weighted by molar-refractivity contribution is 5.97. The van der Waals surface area contributed by atoms with Gasteiger partial charge in [-0.3, -0.25) is 10.1 Å². The van der Waals surface area contributed by atoms with Gasteiger partial charge in [0, 0.05) is 5.69 Å². The number of ketones is 1. The van der Waals surface area contributed by atoms with Gasteiger partial charge in [0.05, 0.1) is 17.4 Å². The Hall–Kier alpha value is -3.26. The van der Waals surface area contributed by atoms with Gasteiger partial charge >= 0.3 is 12.2 Å². The van der Waals surface area contributed by atoms with Gasteiger partial charge in [-0.15, -0.1) is 5.01 Å². The van der Waals surface area contributed by atoms with Gasteiger partial charge in [0.15, 0.2) is 4.87 Å². The number of hydrogen-bond donors (Lipinski definition) is 2. The molecule has 216 valence electrons. The number of urea groups is 1. The molecule has 4 bridgehead atoms. The van der Waals surface area contributed by atoms with Gasteiger partial charge in [0.25, 0.3) is 0 Å². The number of anilines is 2. The second-order valence-corrected chi connectivity index (χ2v) is 13.5. The van der Waals surface area contributed by atoms with E-state index in [2.05, 4.69) is 15.5 Å². The van der Waals surface area contributed by atoms with Gasteiger partial charge in [-0.2, -0.15) is 0 Å². The van der Waals surface area contributed by atoms with Crippen molar-refractivity contribution in [1.29, 1.82) is 0 Å². The van der Waals surface area contributed by atoms with E-state index in [-0.39, 0.29) is 11.2 Å². The minimum absolute atomic E-state index is 0.0831. The number of Topliss-reactive ketones (excluding diaryl/α,β-unsaturated/α-hetero) is 1. The van der Waals surface area contributed by atoms with Crippen molar-refractivity contribution in [2.45, 2.75) is 69.9 Å². The van der Waals surface area contributed by atoms with Gasteiger partial charge in [-0.25, -0.2) is 4.79 Å². The number of nitrogens with one attached hydrogen (secondary N) is 2. The van der Waals surface area contributed by atoms with Crippen LogP contribution in [0.25, 0.3) is 0 Å². The molecule has 8 heteroatoms. The molecule has 2 unspecified atom stereocenters. The smallest absolute Gasteiger partial charge is 0.308 e. The number of fused-ring (bicyclic) bond motifs is 1. The third kappa shape index (κ3) is 5.27. The second kappa shape index (κ2) is 10.9. The standard InChI is InChI=1S/C33H41N5O3/c39-30-28(12-15-36-13-6-7-14-36)27-10-4-5-11-29(27)37(22-33-19-23-16-24(20-33)18-25(17-23)21-33)38(41)31(30)35-32(40)34-26-8-2-1-3-9-26/h1-5,8-11,23-25,28,31H,6-7,12-22H2,(H-,34,35,40)/p+1. The molecule has 2 aromatic rings. The van der Waals surface area contributed by atoms with Crippen LogP contribution in [0, 0.1) is 28.1 Å². The van der Waals surface area contributed by atoms with Crippen molar-refractivity contribution in [2.75, 3.05) is 36.5 Å². The van der Waals surface area contributed by atoms with Crippen molar-refractivity contribution in [3.63, 3.8) is 0 Å². The Balaban J connectivity index is 1.21. The predicted octanol–water partition coefficient (Wildman–Crippen LogP) is 5.70. The largest absolute Gasteiger partial charge is 0.369 e. The Labute approximate surface area is 242 Å². The summed E-state index contributed by atoms with van der Waals surface area (Å²) >= 11 is 0. The van der Waals surface area contributed by atoms with Crippen LogP contribution in [-0.2, 0) is 4.79 Å². The van der Waals surface area contributed by atoms with Crippen LogP contribution in [0.5, 0.6) is 0 Å². The molecule has 0 aromatic heterocycles. The Bertz CT molecular complexity index is 1270. The van der Waals surface area contributed by atoms with Crippen LogP contribution in [0.2, 0.25) is 0 Å². The van der Waals surface area contributed by atoms with Gasteiger partial charge in [-0.1, -0.05) is 36.4 Å². The molecule has 0 spiro atoms. The number of carbonyl (C=O) groups is 2. The van der Waals surface area contributed by atoms with Crippen molar-refractivity contribution < 1.29 is 14.5 Å². The average Bonchev–Trinajstić information content (AvgIpc) is 3.46. The van der Waals surface area contributed by atoms with Crippen LogP contribution in [0.4, 0.5) is 16.2 Å². The number of carbonyl (C=O) groups excluding carboxylic acids is 2. The fourth-order valence-electron chi connectivity index (χ4n) is 9.23. The summed E-state index contributed by atoms with van der Waals surface area (Å²) in [5, 5.41) is 7.43. The van der Waals surface area contributed by atoms with Crippen molar-refractivity contribution >= 4 is 23.2 Å². The zero-order valence-electron chi connectivity index (χ0n) is 23.8. The Morgan fingerprint density at radius 3 is 2.22 bits per heavy atom. The molecule has 0 radical (unpaired) electrons. The molecule has 6 aliphatic rings. The van der Waals surface area contributed by atoms with Crippen molar-refractivity contribution in [2.24, 2.45) is 23.2 Å². The maximum Gasteiger partial charge on any atom is 0.369 e. The lowest BCUT2D eigenvalue weighted by molar-refractivity contribution is -0.589. The topological polar surface area (TPSA) is 84.8 Å². The highest BCUT2D eigenvalue weighted by Gasteiger charge is 2.56. The molecule has 2 N–H and O–H groups in total. The molecule has 4 aliphatic carbocycles. The molecule has 8 rings (SSSR count). The summed E-state index contributed by atoms with van der Waals surface area (Å²) in [5.41, 5.74) is 2.43. The van der Waals surface area contributed by atoms with E-state index in [1.165, 1.54) is 32.1 Å². The molecule has 2 aromatic carbocycles. The lowest BCUT2D eigenvalue weighted by Crippen LogP contribution is -2.58. The summed E-state index contributed by atoms with van der Waals surface area (Å²) in [7, 11) is 0. The summed E-state index contributed by atoms with van der Waals surface area (Å²) < 4.78 is 0. The molecule has 2 aliphatic heterocycles. The molecule has 4 saturated carbocycles. The SMILES string of the molecule is O=C(Nc1ccccc1)NC1C(=O)C(CCN2CCCC2)c2ccccc2N(CC23CC4CC(CC(C4)C2)C3)[N+]1=O. The number of likely N-dealkylation sites (tertiary alicyclic amines) is 1. The zero-order valence-corrected chi connectivity index (χ0v) is 23.8. The number of para-hydroxylation sites is 2. The molecular formula is C33H42N5O3+. The van der Waals surface area contributed by atoms with E-state index in [1.807, 2.05) is 47.5 Å². The minimum Gasteiger partial charge on any atom is -0.308 e. The lowest BCUT2D eigenvalue weighted by atomic mass is 9.49. The fourth-order valence-corrected chi connectivity index (χ4v) is 9.23. The van der Waals surface area contributed by atoms with Crippen molar-refractivity contribution in [1.82, 2.24) is 10.2 Å². The average molecular weight is 557 g/mol. The van der Waals surface area contributed by atoms with Crippen LogP contribution in [0.3, 0.4) is 0 Å². The number of nitroso groups, excluding NO2 is 1. The van der Waals surface area contributed by atoms with Gasteiger partial charge in [-0.05, 0) is 124 Å². The highest BCUT2D eigenvalue weighted by Crippen LogP contribution is 2.60. The van der Waals surface area contributed by atoms with E-state index >= 15 is 0 Å². The van der Waals surface area contributed by atoms with E-state index in [4.69, 9.17) is 0 Å². The second-order valence-electron chi connectivity index (χ2n) is 13.5. The highest BCUT2D eigenvalue weighted by atomic mass is 16.3. The van der Waals surface area contributed by atoms with Crippen molar-refractivity contribution in [3.05, 3.63) is 65.1 Å². The summed E-state index contributed by atoms with van der Waals surface area (Å²) in [6, 6.07) is 16.6. The normalized spacial score (nSPS) is 32.6. The van der Waals surface area contributed by atoms with E-state index < -0.39 is 18.1 Å². The first-order chi connectivity index (χ1) is 20.0. The van der Waals surface area contributed by atoms with E-state index in [0.717, 1.165) is 72.8 Å². The summed E-state index contributed by atoms with van der Waals surface area (Å²) in [4.78, 5) is 45.1. The lowest BCUT2D eigenvalue weighted by Gasteiger charge is -2.57. The van der Waals surface area contributed by atoms with Crippen molar-refractivity contribution in [3.8, 4) is 0 Å². The van der Waals surface area contributed by atoms with Gasteiger partial charge in [0.1, 0.15) is 5.69 Å². The van der Waals surface area contributed by atoms with E-state index in [9.17, 15) is 14.5 Å². The zero-order chi connectivity index (χ0) is 28.0. The Kier molecular flexibility index (Phi) is 7.05. The van der Waals surface area contributed by atoms with Crippen LogP contribution >= 0.6 is 0 Å². The molecule has 2 amide bonds. The first kappa shape index (κ1) is 26.6. The van der Waals surface area contributed by atoms with E-state index in [0.29, 0.717) is 18.7 Å². The molecule has 41 heavy (non-hydrogen) atoms. The molecular weight excluding hydrogens is 514 g/mol. The quantitative estimate of drug-likeness (QED) is 0.427. The number of nitrogens with zero attached hydrogens (tertiary/aromatic N) is 3. The molecule has 1 saturated heterocycles. The third-order valence-electron chi connectivity index (χ3n) is 10.5. The first-order valence-electron chi connectivity index (χ1n) is 15.7. The van der Waals surface area contributed by atoms with E-state index in [1.54, 1.807) is 12.1 Å². The molecule has 2 atom stereocenters. The van der Waals surface area contributed by atoms with Crippen LogP contribution in [0.15, 0.2) is 54.6 Å². The molecule has 5 fully saturated rings. The number of hydrogen-bond acceptors (Lipinski definition) is 4. The number of rotatable bonds is 7. The Morgan fingerprint density at radius 1 is 0.902 bits per heavy atom. The monoisotopic (exact) mass is 556 g/mol. The summed E-state index contributed by atoms with van der Waals surface area (Å²) in [6.45, 7) is 3.51. The van der Waals surface area contributed by atoms with Crippen LogP contribution in [0.1, 0.15) is 69.3 Å². The maximum atomic E-state index is 14.4. The minimum atomic E-state index is -1.30. The molecule has 8 nitrogen and oxygen atoms in total. The first-order valence-corrected chi connectivity index (χ1v) is 15.7.